The maximum atomic E-state index is 6.03. The Morgan fingerprint density at radius 2 is 1.88 bits per heavy atom. The van der Waals surface area contributed by atoms with Crippen LogP contribution in [0, 0.1) is 5.92 Å². The second-order valence-corrected chi connectivity index (χ2v) is 4.71. The van der Waals surface area contributed by atoms with E-state index < -0.39 is 0 Å². The first-order valence-electron chi connectivity index (χ1n) is 6.20. The zero-order chi connectivity index (χ0) is 10.8. The average molecular weight is 215 g/mol. The van der Waals surface area contributed by atoms with E-state index in [0.717, 1.165) is 18.0 Å². The maximum absolute atomic E-state index is 6.03. The number of hydrogen-bond acceptors (Lipinski definition) is 2. The lowest BCUT2D eigenvalue weighted by molar-refractivity contribution is 0.0729. The van der Waals surface area contributed by atoms with Gasteiger partial charge in [0.1, 0.15) is 6.10 Å². The number of fused-ring (bicyclic) bond motifs is 1. The predicted molar refractivity (Wildman–Crippen MR) is 64.7 cm³/mol. The van der Waals surface area contributed by atoms with Gasteiger partial charge >= 0.3 is 0 Å². The summed E-state index contributed by atoms with van der Waals surface area (Å²) in [6, 6.07) is 10.2. The Kier molecular flexibility index (Phi) is 2.65. The minimum Gasteiger partial charge on any atom is -0.474 e. The van der Waals surface area contributed by atoms with Crippen molar-refractivity contribution in [3.63, 3.8) is 0 Å². The smallest absolute Gasteiger partial charge is 0.216 e. The van der Waals surface area contributed by atoms with Crippen molar-refractivity contribution in [2.75, 3.05) is 6.54 Å². The highest BCUT2D eigenvalue weighted by Gasteiger charge is 2.30. The summed E-state index contributed by atoms with van der Waals surface area (Å²) in [4.78, 5) is 4.58. The summed E-state index contributed by atoms with van der Waals surface area (Å²) in [5.41, 5.74) is 1.12. The molecule has 84 valence electrons. The van der Waals surface area contributed by atoms with Gasteiger partial charge in [0.05, 0.1) is 0 Å². The third-order valence-electron chi connectivity index (χ3n) is 3.59. The molecular weight excluding hydrogens is 198 g/mol. The number of hydrogen-bond donors (Lipinski definition) is 0. The molecule has 2 nitrogen and oxygen atoms in total. The van der Waals surface area contributed by atoms with E-state index in [2.05, 4.69) is 17.1 Å². The van der Waals surface area contributed by atoms with Crippen LogP contribution in [0.5, 0.6) is 0 Å². The van der Waals surface area contributed by atoms with Crippen LogP contribution in [0.3, 0.4) is 0 Å². The van der Waals surface area contributed by atoms with Crippen LogP contribution in [0.4, 0.5) is 0 Å². The van der Waals surface area contributed by atoms with Crippen LogP contribution in [0.25, 0.3) is 0 Å². The fraction of sp³-hybridized carbons (Fsp3) is 0.500. The van der Waals surface area contributed by atoms with Crippen LogP contribution >= 0.6 is 0 Å². The maximum Gasteiger partial charge on any atom is 0.216 e. The van der Waals surface area contributed by atoms with Gasteiger partial charge in [-0.15, -0.1) is 0 Å². The first-order valence-corrected chi connectivity index (χ1v) is 6.20. The standard InChI is InChI=1S/C14H17NO/c1-2-6-11(7-3-1)14-15-10-12-8-4-5-9-13(12)16-14/h1-3,6-7,12-13H,4-5,8-10H2. The molecule has 0 radical (unpaired) electrons. The largest absolute Gasteiger partial charge is 0.474 e. The van der Waals surface area contributed by atoms with Crippen LogP contribution in [0.1, 0.15) is 31.2 Å². The third-order valence-corrected chi connectivity index (χ3v) is 3.59. The highest BCUT2D eigenvalue weighted by atomic mass is 16.5. The average Bonchev–Trinajstić information content (AvgIpc) is 2.39. The van der Waals surface area contributed by atoms with Crippen LogP contribution < -0.4 is 0 Å². The van der Waals surface area contributed by atoms with Gasteiger partial charge < -0.3 is 4.74 Å². The summed E-state index contributed by atoms with van der Waals surface area (Å²) < 4.78 is 6.03. The second-order valence-electron chi connectivity index (χ2n) is 4.71. The zero-order valence-corrected chi connectivity index (χ0v) is 9.43. The lowest BCUT2D eigenvalue weighted by Gasteiger charge is -2.34. The molecule has 0 bridgehead atoms. The van der Waals surface area contributed by atoms with E-state index >= 15 is 0 Å². The molecule has 0 spiro atoms. The Bertz CT molecular complexity index is 385. The van der Waals surface area contributed by atoms with Crippen molar-refractivity contribution in [2.24, 2.45) is 10.9 Å². The summed E-state index contributed by atoms with van der Waals surface area (Å²) in [6.07, 6.45) is 5.57. The SMILES string of the molecule is c1ccc(C2=NCC3CCCCC3O2)cc1. The van der Waals surface area contributed by atoms with E-state index in [-0.39, 0.29) is 0 Å². The summed E-state index contributed by atoms with van der Waals surface area (Å²) in [6.45, 7) is 0.953. The second kappa shape index (κ2) is 4.28. The lowest BCUT2D eigenvalue weighted by atomic mass is 9.86. The van der Waals surface area contributed by atoms with E-state index in [1.807, 2.05) is 18.2 Å². The molecule has 1 saturated carbocycles. The van der Waals surface area contributed by atoms with Crippen LogP contribution in [-0.2, 0) is 4.74 Å². The van der Waals surface area contributed by atoms with E-state index in [1.54, 1.807) is 0 Å². The number of rotatable bonds is 1. The molecule has 1 aliphatic carbocycles. The van der Waals surface area contributed by atoms with Gasteiger partial charge in [-0.25, -0.2) is 0 Å². The number of benzene rings is 1. The van der Waals surface area contributed by atoms with E-state index in [9.17, 15) is 0 Å². The lowest BCUT2D eigenvalue weighted by Crippen LogP contribution is -2.36. The molecular formula is C14H17NO. The summed E-state index contributed by atoms with van der Waals surface area (Å²) in [7, 11) is 0. The van der Waals surface area contributed by atoms with Crippen molar-refractivity contribution < 1.29 is 4.74 Å². The molecule has 0 saturated heterocycles. The van der Waals surface area contributed by atoms with Gasteiger partial charge in [0.15, 0.2) is 0 Å². The molecule has 3 rings (SSSR count). The molecule has 1 aromatic rings. The highest BCUT2D eigenvalue weighted by Crippen LogP contribution is 2.30. The van der Waals surface area contributed by atoms with Crippen molar-refractivity contribution in [3.05, 3.63) is 35.9 Å². The Morgan fingerprint density at radius 1 is 1.06 bits per heavy atom. The molecule has 0 aromatic heterocycles. The number of aliphatic imine (C=N–C) groups is 1. The van der Waals surface area contributed by atoms with Crippen molar-refractivity contribution in [1.82, 2.24) is 0 Å². The van der Waals surface area contributed by atoms with E-state index in [4.69, 9.17) is 4.74 Å². The van der Waals surface area contributed by atoms with Gasteiger partial charge in [-0.05, 0) is 31.4 Å². The fourth-order valence-corrected chi connectivity index (χ4v) is 2.66. The molecule has 16 heavy (non-hydrogen) atoms. The van der Waals surface area contributed by atoms with Gasteiger partial charge in [0.2, 0.25) is 5.90 Å². The monoisotopic (exact) mass is 215 g/mol. The van der Waals surface area contributed by atoms with Gasteiger partial charge in [-0.2, -0.15) is 0 Å². The Balaban J connectivity index is 1.81. The van der Waals surface area contributed by atoms with Crippen LogP contribution in [0.15, 0.2) is 35.3 Å². The molecule has 1 heterocycles. The van der Waals surface area contributed by atoms with Crippen molar-refractivity contribution >= 4 is 5.90 Å². The van der Waals surface area contributed by atoms with Crippen LogP contribution in [0.2, 0.25) is 0 Å². The Morgan fingerprint density at radius 3 is 2.75 bits per heavy atom. The van der Waals surface area contributed by atoms with Gasteiger partial charge in [-0.1, -0.05) is 24.6 Å². The molecule has 0 amide bonds. The fourth-order valence-electron chi connectivity index (χ4n) is 2.66. The van der Waals surface area contributed by atoms with Crippen molar-refractivity contribution in [1.29, 1.82) is 0 Å². The molecule has 1 fully saturated rings. The number of ether oxygens (including phenoxy) is 1. The Hall–Kier alpha value is -1.31. The topological polar surface area (TPSA) is 21.6 Å². The highest BCUT2D eigenvalue weighted by molar-refractivity contribution is 5.94. The summed E-state index contributed by atoms with van der Waals surface area (Å²) in [5, 5.41) is 0. The summed E-state index contributed by atoms with van der Waals surface area (Å²) >= 11 is 0. The van der Waals surface area contributed by atoms with Gasteiger partial charge in [0.25, 0.3) is 0 Å². The molecule has 1 aliphatic heterocycles. The number of nitrogens with zero attached hydrogens (tertiary/aromatic N) is 1. The third kappa shape index (κ3) is 1.84. The quantitative estimate of drug-likeness (QED) is 0.705. The molecule has 2 atom stereocenters. The Labute approximate surface area is 96.3 Å². The predicted octanol–water partition coefficient (Wildman–Crippen LogP) is 3.02. The van der Waals surface area contributed by atoms with Gasteiger partial charge in [-0.3, -0.25) is 4.99 Å². The molecule has 2 unspecified atom stereocenters. The molecule has 1 aromatic carbocycles. The van der Waals surface area contributed by atoms with Crippen LogP contribution in [-0.4, -0.2) is 18.5 Å². The first kappa shape index (κ1) is 9.88. The van der Waals surface area contributed by atoms with Crippen molar-refractivity contribution in [2.45, 2.75) is 31.8 Å². The zero-order valence-electron chi connectivity index (χ0n) is 9.43. The molecule has 2 heteroatoms. The minimum absolute atomic E-state index is 0.418. The van der Waals surface area contributed by atoms with Gasteiger partial charge in [0, 0.05) is 18.0 Å². The normalized spacial score (nSPS) is 28.9. The molecule has 2 aliphatic rings. The van der Waals surface area contributed by atoms with E-state index in [0.29, 0.717) is 12.0 Å². The first-order chi connectivity index (χ1) is 7.93. The summed E-state index contributed by atoms with van der Waals surface area (Å²) in [5.74, 6) is 1.52. The molecule has 0 N–H and O–H groups in total. The van der Waals surface area contributed by atoms with E-state index in [1.165, 1.54) is 25.7 Å². The van der Waals surface area contributed by atoms with Crippen molar-refractivity contribution in [3.8, 4) is 0 Å². The minimum atomic E-state index is 0.418.